The van der Waals surface area contributed by atoms with E-state index >= 15 is 0 Å². The smallest absolute Gasteiger partial charge is 0.138 e. The van der Waals surface area contributed by atoms with Crippen molar-refractivity contribution < 1.29 is 0 Å². The average Bonchev–Trinajstić information content (AvgIpc) is 3.40. The number of benzene rings is 6. The third kappa shape index (κ3) is 3.99. The maximum atomic E-state index is 5.11. The van der Waals surface area contributed by atoms with Crippen LogP contribution in [-0.2, 0) is 0 Å². The molecule has 0 aliphatic rings. The number of para-hydroxylation sites is 2. The zero-order valence-electron chi connectivity index (χ0n) is 20.2. The van der Waals surface area contributed by atoms with Gasteiger partial charge in [-0.15, -0.1) is 0 Å². The van der Waals surface area contributed by atoms with Gasteiger partial charge in [-0.1, -0.05) is 80.4 Å². The van der Waals surface area contributed by atoms with Crippen LogP contribution in [0.25, 0.3) is 44.0 Å². The zero-order chi connectivity index (χ0) is 25.6. The van der Waals surface area contributed by atoms with Crippen molar-refractivity contribution in [2.24, 2.45) is 0 Å². The topological polar surface area (TPSA) is 31.9 Å². The molecular weight excluding hydrogens is 598 g/mol. The molecule has 0 unspecified atom stereocenters. The summed E-state index contributed by atoms with van der Waals surface area (Å²) in [6, 6.07) is 42.3. The number of aromatic nitrogens is 2. The summed E-state index contributed by atoms with van der Waals surface area (Å²) < 4.78 is 2.11. The van der Waals surface area contributed by atoms with Crippen LogP contribution in [0.3, 0.4) is 0 Å². The quantitative estimate of drug-likeness (QED) is 0.199. The van der Waals surface area contributed by atoms with Gasteiger partial charge in [0.05, 0.1) is 11.0 Å². The summed E-state index contributed by atoms with van der Waals surface area (Å²) in [5.41, 5.74) is 6.40. The van der Waals surface area contributed by atoms with Crippen LogP contribution in [0.4, 0.5) is 17.1 Å². The van der Waals surface area contributed by atoms with Crippen molar-refractivity contribution >= 4 is 81.5 Å². The predicted molar refractivity (Wildman–Crippen MR) is 167 cm³/mol. The number of imidazole rings is 1. The highest BCUT2D eigenvalue weighted by atomic mass is 79.9. The molecule has 6 aromatic carbocycles. The molecule has 0 saturated heterocycles. The maximum absolute atomic E-state index is 5.11. The molecule has 182 valence electrons. The lowest BCUT2D eigenvalue weighted by Gasteiger charge is -2.25. The molecule has 0 bridgehead atoms. The molecular formula is C33H21Br2N3. The highest BCUT2D eigenvalue weighted by Gasteiger charge is 2.16. The van der Waals surface area contributed by atoms with Gasteiger partial charge in [0, 0.05) is 42.3 Å². The van der Waals surface area contributed by atoms with E-state index in [0.29, 0.717) is 0 Å². The number of anilines is 3. The molecule has 7 rings (SSSR count). The highest BCUT2D eigenvalue weighted by Crippen LogP contribution is 2.39. The number of nitrogens with zero attached hydrogens (tertiary/aromatic N) is 2. The SMILES string of the molecule is Brc1ccc2c(c1)c1cc(Br)ccc1c1[nH]c(-c3ccc(N(c4ccccc4)c4ccccc4)cc3)nc21. The van der Waals surface area contributed by atoms with Gasteiger partial charge in [-0.2, -0.15) is 0 Å². The van der Waals surface area contributed by atoms with E-state index in [4.69, 9.17) is 4.98 Å². The Hall–Kier alpha value is -3.93. The van der Waals surface area contributed by atoms with E-state index < -0.39 is 0 Å². The number of hydrogen-bond acceptors (Lipinski definition) is 2. The summed E-state index contributed by atoms with van der Waals surface area (Å²) in [7, 11) is 0. The number of rotatable bonds is 4. The molecule has 0 saturated carbocycles. The second-order valence-corrected chi connectivity index (χ2v) is 11.1. The third-order valence-electron chi connectivity index (χ3n) is 6.91. The van der Waals surface area contributed by atoms with Gasteiger partial charge >= 0.3 is 0 Å². The Morgan fingerprint density at radius 2 is 1.05 bits per heavy atom. The van der Waals surface area contributed by atoms with Gasteiger partial charge in [0.15, 0.2) is 0 Å². The highest BCUT2D eigenvalue weighted by molar-refractivity contribution is 9.10. The van der Waals surface area contributed by atoms with Gasteiger partial charge in [-0.3, -0.25) is 0 Å². The summed E-state index contributed by atoms with van der Waals surface area (Å²) in [6.45, 7) is 0. The number of nitrogens with one attached hydrogen (secondary N) is 1. The van der Waals surface area contributed by atoms with E-state index in [2.05, 4.69) is 151 Å². The van der Waals surface area contributed by atoms with E-state index in [1.54, 1.807) is 0 Å². The minimum absolute atomic E-state index is 0.858. The van der Waals surface area contributed by atoms with Gasteiger partial charge in [0.1, 0.15) is 5.82 Å². The lowest BCUT2D eigenvalue weighted by atomic mass is 10.0. The third-order valence-corrected chi connectivity index (χ3v) is 7.90. The fourth-order valence-electron chi connectivity index (χ4n) is 5.17. The first-order valence-corrected chi connectivity index (χ1v) is 14.0. The summed E-state index contributed by atoms with van der Waals surface area (Å²) in [5, 5.41) is 4.66. The molecule has 0 atom stereocenters. The molecule has 1 N–H and O–H groups in total. The Labute approximate surface area is 237 Å². The monoisotopic (exact) mass is 617 g/mol. The lowest BCUT2D eigenvalue weighted by Crippen LogP contribution is -2.09. The van der Waals surface area contributed by atoms with Gasteiger partial charge in [-0.05, 0) is 83.6 Å². The normalized spacial score (nSPS) is 11.4. The molecule has 0 aliphatic heterocycles. The van der Waals surface area contributed by atoms with Crippen molar-refractivity contribution in [1.82, 2.24) is 9.97 Å². The minimum Gasteiger partial charge on any atom is -0.337 e. The Bertz CT molecular complexity index is 1810. The Kier molecular flexibility index (Phi) is 5.76. The molecule has 7 aromatic rings. The molecule has 1 aromatic heterocycles. The first-order valence-electron chi connectivity index (χ1n) is 12.4. The van der Waals surface area contributed by atoms with Crippen LogP contribution in [0.2, 0.25) is 0 Å². The van der Waals surface area contributed by atoms with Crippen LogP contribution in [0.5, 0.6) is 0 Å². The van der Waals surface area contributed by atoms with Crippen molar-refractivity contribution in [2.75, 3.05) is 4.90 Å². The predicted octanol–water partition coefficient (Wildman–Crippen LogP) is 10.5. The Morgan fingerprint density at radius 3 is 1.66 bits per heavy atom. The van der Waals surface area contributed by atoms with Gasteiger partial charge < -0.3 is 9.88 Å². The van der Waals surface area contributed by atoms with Crippen LogP contribution >= 0.6 is 31.9 Å². The van der Waals surface area contributed by atoms with Crippen LogP contribution in [-0.4, -0.2) is 9.97 Å². The molecule has 0 aliphatic carbocycles. The molecule has 0 spiro atoms. The minimum atomic E-state index is 0.858. The summed E-state index contributed by atoms with van der Waals surface area (Å²) >= 11 is 7.30. The van der Waals surface area contributed by atoms with Crippen molar-refractivity contribution in [3.8, 4) is 11.4 Å². The van der Waals surface area contributed by atoms with Crippen LogP contribution < -0.4 is 4.90 Å². The van der Waals surface area contributed by atoms with Crippen LogP contribution in [0, 0.1) is 0 Å². The summed E-state index contributed by atoms with van der Waals surface area (Å²) in [4.78, 5) is 11.0. The molecule has 38 heavy (non-hydrogen) atoms. The second-order valence-electron chi connectivity index (χ2n) is 9.24. The van der Waals surface area contributed by atoms with Crippen molar-refractivity contribution in [2.45, 2.75) is 0 Å². The number of aromatic amines is 1. The molecule has 3 nitrogen and oxygen atoms in total. The van der Waals surface area contributed by atoms with Gasteiger partial charge in [-0.25, -0.2) is 4.98 Å². The second kappa shape index (κ2) is 9.43. The van der Waals surface area contributed by atoms with Crippen molar-refractivity contribution in [1.29, 1.82) is 0 Å². The van der Waals surface area contributed by atoms with Crippen LogP contribution in [0.15, 0.2) is 130 Å². The molecule has 0 radical (unpaired) electrons. The first kappa shape index (κ1) is 23.2. The Morgan fingerprint density at radius 1 is 0.526 bits per heavy atom. The van der Waals surface area contributed by atoms with E-state index in [0.717, 1.165) is 59.2 Å². The molecule has 5 heteroatoms. The number of hydrogen-bond donors (Lipinski definition) is 1. The number of fused-ring (bicyclic) bond motifs is 6. The summed E-state index contributed by atoms with van der Waals surface area (Å²) in [6.07, 6.45) is 0. The molecule has 1 heterocycles. The van der Waals surface area contributed by atoms with Crippen molar-refractivity contribution in [3.63, 3.8) is 0 Å². The van der Waals surface area contributed by atoms with E-state index in [-0.39, 0.29) is 0 Å². The lowest BCUT2D eigenvalue weighted by molar-refractivity contribution is 1.28. The van der Waals surface area contributed by atoms with Crippen molar-refractivity contribution in [3.05, 3.63) is 130 Å². The first-order chi connectivity index (χ1) is 18.7. The van der Waals surface area contributed by atoms with E-state index in [1.807, 2.05) is 12.1 Å². The zero-order valence-corrected chi connectivity index (χ0v) is 23.4. The van der Waals surface area contributed by atoms with Crippen LogP contribution in [0.1, 0.15) is 0 Å². The molecule has 0 amide bonds. The average molecular weight is 619 g/mol. The molecule has 0 fully saturated rings. The van der Waals surface area contributed by atoms with E-state index in [1.165, 1.54) is 10.8 Å². The largest absolute Gasteiger partial charge is 0.337 e. The van der Waals surface area contributed by atoms with Gasteiger partial charge in [0.25, 0.3) is 0 Å². The Balaban J connectivity index is 1.37. The fourth-order valence-corrected chi connectivity index (χ4v) is 5.89. The van der Waals surface area contributed by atoms with E-state index in [9.17, 15) is 0 Å². The number of H-pyrrole nitrogens is 1. The van der Waals surface area contributed by atoms with Gasteiger partial charge in [0.2, 0.25) is 0 Å². The standard InChI is InChI=1S/C33H21Br2N3/c34-22-13-17-27-29(19-22)30-20-23(35)14-18-28(30)32-31(27)36-33(37-32)21-11-15-26(16-12-21)38(24-7-3-1-4-8-24)25-9-5-2-6-10-25/h1-20H,(H,36,37). The maximum Gasteiger partial charge on any atom is 0.138 e. The fraction of sp³-hybridized carbons (Fsp3) is 0. The number of halogens is 2. The summed E-state index contributed by atoms with van der Waals surface area (Å²) in [5.74, 6) is 0.858.